The third-order valence-corrected chi connectivity index (χ3v) is 4.44. The van der Waals surface area contributed by atoms with Crippen molar-refractivity contribution in [1.29, 1.82) is 0 Å². The molecule has 0 aliphatic rings. The maximum absolute atomic E-state index is 12.3. The molecule has 0 unspecified atom stereocenters. The molecule has 0 saturated heterocycles. The number of hydrogen-bond donors (Lipinski definition) is 1. The lowest BCUT2D eigenvalue weighted by molar-refractivity contribution is 0.397. The van der Waals surface area contributed by atoms with E-state index in [1.165, 1.54) is 4.31 Å². The van der Waals surface area contributed by atoms with Gasteiger partial charge in [-0.25, -0.2) is 0 Å². The summed E-state index contributed by atoms with van der Waals surface area (Å²) in [5, 5.41) is 0. The zero-order valence-electron chi connectivity index (χ0n) is 11.8. The molecule has 1 rings (SSSR count). The lowest BCUT2D eigenvalue weighted by atomic mass is 10.2. The molecule has 0 spiro atoms. The number of nitrogens with one attached hydrogen (secondary N) is 1. The molecule has 0 aromatic carbocycles. The largest absolute Gasteiger partial charge is 0.280 e. The minimum Gasteiger partial charge on any atom is -0.260 e. The van der Waals surface area contributed by atoms with Gasteiger partial charge >= 0.3 is 0 Å². The molecule has 0 fully saturated rings. The van der Waals surface area contributed by atoms with Gasteiger partial charge in [-0.15, -0.1) is 0 Å². The minimum absolute atomic E-state index is 0.331. The van der Waals surface area contributed by atoms with Crippen LogP contribution in [0.3, 0.4) is 0 Å². The average Bonchev–Trinajstić information content (AvgIpc) is 2.39. The molecule has 6 heteroatoms. The molecule has 1 aromatic rings. The Morgan fingerprint density at radius 3 is 2.37 bits per heavy atom. The van der Waals surface area contributed by atoms with Crippen LogP contribution >= 0.6 is 0 Å². The van der Waals surface area contributed by atoms with Crippen LogP contribution in [0.15, 0.2) is 24.4 Å². The first-order valence-electron chi connectivity index (χ1n) is 6.69. The van der Waals surface area contributed by atoms with Crippen LogP contribution in [0.4, 0.5) is 0 Å². The van der Waals surface area contributed by atoms with Crippen LogP contribution in [0, 0.1) is 0 Å². The topological polar surface area (TPSA) is 62.3 Å². The maximum Gasteiger partial charge on any atom is 0.280 e. The SMILES string of the molecule is CCCN(CCC)S(=O)(=O)N[C@H](C)c1ccccn1. The van der Waals surface area contributed by atoms with Crippen molar-refractivity contribution in [2.24, 2.45) is 0 Å². The van der Waals surface area contributed by atoms with E-state index in [2.05, 4.69) is 9.71 Å². The Bertz CT molecular complexity index is 456. The summed E-state index contributed by atoms with van der Waals surface area (Å²) in [6, 6.07) is 5.15. The van der Waals surface area contributed by atoms with Crippen molar-refractivity contribution in [3.05, 3.63) is 30.1 Å². The van der Waals surface area contributed by atoms with Crippen LogP contribution < -0.4 is 4.72 Å². The van der Waals surface area contributed by atoms with E-state index in [1.807, 2.05) is 32.0 Å². The highest BCUT2D eigenvalue weighted by Crippen LogP contribution is 2.12. The molecule has 0 amide bonds. The second-order valence-electron chi connectivity index (χ2n) is 4.50. The minimum atomic E-state index is -3.45. The van der Waals surface area contributed by atoms with Crippen LogP contribution in [0.25, 0.3) is 0 Å². The van der Waals surface area contributed by atoms with Crippen molar-refractivity contribution in [2.75, 3.05) is 13.1 Å². The molecular formula is C13H23N3O2S. The summed E-state index contributed by atoms with van der Waals surface area (Å²) >= 11 is 0. The summed E-state index contributed by atoms with van der Waals surface area (Å²) in [5.74, 6) is 0. The molecule has 0 saturated carbocycles. The summed E-state index contributed by atoms with van der Waals surface area (Å²) in [6.07, 6.45) is 3.27. The van der Waals surface area contributed by atoms with Gasteiger partial charge in [0.15, 0.2) is 0 Å². The molecule has 1 aromatic heterocycles. The standard InChI is InChI=1S/C13H23N3O2S/c1-4-10-16(11-5-2)19(17,18)15-12(3)13-8-6-7-9-14-13/h6-9,12,15H,4-5,10-11H2,1-3H3/t12-/m1/s1. The number of rotatable bonds is 8. The first kappa shape index (κ1) is 16.1. The first-order valence-corrected chi connectivity index (χ1v) is 8.13. The van der Waals surface area contributed by atoms with E-state index in [0.29, 0.717) is 13.1 Å². The Labute approximate surface area is 116 Å². The predicted octanol–water partition coefficient (Wildman–Crippen LogP) is 2.10. The molecule has 1 heterocycles. The molecule has 5 nitrogen and oxygen atoms in total. The molecule has 0 radical (unpaired) electrons. The van der Waals surface area contributed by atoms with E-state index < -0.39 is 10.2 Å². The highest BCUT2D eigenvalue weighted by Gasteiger charge is 2.23. The Kier molecular flexibility index (Phi) is 6.41. The van der Waals surface area contributed by atoms with Gasteiger partial charge in [-0.3, -0.25) is 4.98 Å². The predicted molar refractivity (Wildman–Crippen MR) is 76.9 cm³/mol. The molecule has 108 valence electrons. The third-order valence-electron chi connectivity index (χ3n) is 2.74. The zero-order valence-corrected chi connectivity index (χ0v) is 12.7. The number of pyridine rings is 1. The second-order valence-corrected chi connectivity index (χ2v) is 6.20. The molecule has 19 heavy (non-hydrogen) atoms. The Hall–Kier alpha value is -0.980. The molecule has 0 aliphatic carbocycles. The van der Waals surface area contributed by atoms with Crippen molar-refractivity contribution < 1.29 is 8.42 Å². The number of nitrogens with zero attached hydrogens (tertiary/aromatic N) is 2. The van der Waals surface area contributed by atoms with Gasteiger partial charge in [-0.1, -0.05) is 19.9 Å². The molecular weight excluding hydrogens is 262 g/mol. The van der Waals surface area contributed by atoms with Crippen molar-refractivity contribution in [2.45, 2.75) is 39.7 Å². The fourth-order valence-electron chi connectivity index (χ4n) is 1.84. The van der Waals surface area contributed by atoms with Gasteiger partial charge in [-0.05, 0) is 31.9 Å². The number of aromatic nitrogens is 1. The smallest absolute Gasteiger partial charge is 0.260 e. The quantitative estimate of drug-likeness (QED) is 0.795. The summed E-state index contributed by atoms with van der Waals surface area (Å²) in [4.78, 5) is 4.17. The van der Waals surface area contributed by atoms with Gasteiger partial charge in [0.2, 0.25) is 0 Å². The summed E-state index contributed by atoms with van der Waals surface area (Å²) in [6.45, 7) is 6.83. The monoisotopic (exact) mass is 285 g/mol. The van der Waals surface area contributed by atoms with Crippen LogP contribution in [-0.4, -0.2) is 30.8 Å². The van der Waals surface area contributed by atoms with Crippen molar-refractivity contribution >= 4 is 10.2 Å². The summed E-state index contributed by atoms with van der Waals surface area (Å²) in [5.41, 5.74) is 0.721. The Morgan fingerprint density at radius 1 is 1.26 bits per heavy atom. The van der Waals surface area contributed by atoms with E-state index in [-0.39, 0.29) is 6.04 Å². The summed E-state index contributed by atoms with van der Waals surface area (Å²) in [7, 11) is -3.45. The Balaban J connectivity index is 2.77. The van der Waals surface area contributed by atoms with Crippen molar-refractivity contribution in [3.63, 3.8) is 0 Å². The average molecular weight is 285 g/mol. The van der Waals surface area contributed by atoms with Crippen LogP contribution in [0.1, 0.15) is 45.3 Å². The first-order chi connectivity index (χ1) is 9.01. The third kappa shape index (κ3) is 4.89. The highest BCUT2D eigenvalue weighted by molar-refractivity contribution is 7.87. The Morgan fingerprint density at radius 2 is 1.89 bits per heavy atom. The van der Waals surface area contributed by atoms with E-state index in [4.69, 9.17) is 0 Å². The molecule has 1 atom stereocenters. The highest BCUT2D eigenvalue weighted by atomic mass is 32.2. The van der Waals surface area contributed by atoms with Gasteiger partial charge in [0.25, 0.3) is 10.2 Å². The fourth-order valence-corrected chi connectivity index (χ4v) is 3.40. The van der Waals surface area contributed by atoms with Gasteiger partial charge in [-0.2, -0.15) is 17.4 Å². The van der Waals surface area contributed by atoms with E-state index in [0.717, 1.165) is 18.5 Å². The lowest BCUT2D eigenvalue weighted by Crippen LogP contribution is -2.42. The van der Waals surface area contributed by atoms with Gasteiger partial charge in [0.1, 0.15) is 0 Å². The second kappa shape index (κ2) is 7.57. The zero-order chi connectivity index (χ0) is 14.3. The van der Waals surface area contributed by atoms with Crippen LogP contribution in [0.5, 0.6) is 0 Å². The van der Waals surface area contributed by atoms with E-state index >= 15 is 0 Å². The van der Waals surface area contributed by atoms with Crippen LogP contribution in [0.2, 0.25) is 0 Å². The maximum atomic E-state index is 12.3. The number of hydrogen-bond acceptors (Lipinski definition) is 3. The van der Waals surface area contributed by atoms with Crippen molar-refractivity contribution in [1.82, 2.24) is 14.0 Å². The normalized spacial score (nSPS) is 13.7. The lowest BCUT2D eigenvalue weighted by Gasteiger charge is -2.23. The summed E-state index contributed by atoms with van der Waals surface area (Å²) < 4.78 is 28.7. The molecule has 0 aliphatic heterocycles. The fraction of sp³-hybridized carbons (Fsp3) is 0.615. The van der Waals surface area contributed by atoms with Crippen LogP contribution in [-0.2, 0) is 10.2 Å². The molecule has 0 bridgehead atoms. The van der Waals surface area contributed by atoms with Crippen molar-refractivity contribution in [3.8, 4) is 0 Å². The van der Waals surface area contributed by atoms with Gasteiger partial charge < -0.3 is 0 Å². The van der Waals surface area contributed by atoms with E-state index in [9.17, 15) is 8.42 Å². The van der Waals surface area contributed by atoms with Gasteiger partial charge in [0.05, 0.1) is 11.7 Å². The molecule has 1 N–H and O–H groups in total. The van der Waals surface area contributed by atoms with Gasteiger partial charge in [0, 0.05) is 19.3 Å². The van der Waals surface area contributed by atoms with E-state index in [1.54, 1.807) is 13.1 Å².